The summed E-state index contributed by atoms with van der Waals surface area (Å²) >= 11 is 0. The van der Waals surface area contributed by atoms with Crippen molar-refractivity contribution in [3.8, 4) is 5.75 Å². The van der Waals surface area contributed by atoms with Crippen molar-refractivity contribution in [2.45, 2.75) is 51.3 Å². The molecule has 1 aliphatic rings. The second kappa shape index (κ2) is 10.5. The lowest BCUT2D eigenvalue weighted by Gasteiger charge is -2.28. The van der Waals surface area contributed by atoms with E-state index in [4.69, 9.17) is 5.73 Å². The van der Waals surface area contributed by atoms with Gasteiger partial charge in [0.1, 0.15) is 11.6 Å². The minimum Gasteiger partial charge on any atom is -0.508 e. The second-order valence-corrected chi connectivity index (χ2v) is 9.96. The van der Waals surface area contributed by atoms with E-state index in [1.54, 1.807) is 30.5 Å². The van der Waals surface area contributed by atoms with Gasteiger partial charge in [0.25, 0.3) is 5.91 Å². The number of aromatic hydroxyl groups is 1. The van der Waals surface area contributed by atoms with Crippen molar-refractivity contribution < 1.29 is 15.0 Å². The second-order valence-electron chi connectivity index (χ2n) is 9.96. The van der Waals surface area contributed by atoms with E-state index in [1.165, 1.54) is 5.56 Å². The predicted molar refractivity (Wildman–Crippen MR) is 137 cm³/mol. The van der Waals surface area contributed by atoms with Crippen molar-refractivity contribution in [3.63, 3.8) is 0 Å². The number of aliphatic hydroxyl groups excluding tert-OH is 1. The number of β-amino-alcohol motifs (C(OH)–C–C–N with tert-alkyl or cyclic N) is 1. The number of aromatic nitrogens is 1. The quantitative estimate of drug-likeness (QED) is 0.416. The van der Waals surface area contributed by atoms with Crippen LogP contribution in [0.2, 0.25) is 0 Å². The van der Waals surface area contributed by atoms with Gasteiger partial charge in [0, 0.05) is 42.5 Å². The lowest BCUT2D eigenvalue weighted by atomic mass is 9.93. The van der Waals surface area contributed by atoms with Gasteiger partial charge in [-0.05, 0) is 80.1 Å². The summed E-state index contributed by atoms with van der Waals surface area (Å²) in [7, 11) is 0. The molecule has 0 saturated heterocycles. The molecule has 1 amide bonds. The Kier molecular flexibility index (Phi) is 7.38. The van der Waals surface area contributed by atoms with Gasteiger partial charge in [-0.15, -0.1) is 0 Å². The number of hydrogen-bond donors (Lipinski definition) is 4. The summed E-state index contributed by atoms with van der Waals surface area (Å²) in [6.45, 7) is 5.71. The van der Waals surface area contributed by atoms with Crippen LogP contribution in [0.1, 0.15) is 59.0 Å². The average Bonchev–Trinajstić information content (AvgIpc) is 3.04. The Bertz CT molecular complexity index is 1180. The number of nitrogens with one attached hydrogen (secondary N) is 1. The van der Waals surface area contributed by atoms with Crippen LogP contribution in [0.4, 0.5) is 5.82 Å². The molecule has 0 bridgehead atoms. The number of nitrogen functional groups attached to an aromatic ring is 1. The Morgan fingerprint density at radius 3 is 2.77 bits per heavy atom. The number of anilines is 1. The molecule has 1 aromatic heterocycles. The minimum absolute atomic E-state index is 0.0000750. The largest absolute Gasteiger partial charge is 0.508 e. The van der Waals surface area contributed by atoms with E-state index in [-0.39, 0.29) is 17.2 Å². The molecule has 0 fully saturated rings. The van der Waals surface area contributed by atoms with Crippen molar-refractivity contribution in [2.24, 2.45) is 0 Å². The van der Waals surface area contributed by atoms with Crippen LogP contribution < -0.4 is 11.1 Å². The fourth-order valence-corrected chi connectivity index (χ4v) is 4.60. The molecule has 1 atom stereocenters. The summed E-state index contributed by atoms with van der Waals surface area (Å²) < 4.78 is 0. The number of carbonyl (C=O) groups excluding carboxylic acids is 1. The molecule has 0 unspecified atom stereocenters. The topological polar surface area (TPSA) is 112 Å². The summed E-state index contributed by atoms with van der Waals surface area (Å²) in [5.74, 6) is 0.652. The third-order valence-electron chi connectivity index (χ3n) is 6.50. The molecule has 0 saturated carbocycles. The van der Waals surface area contributed by atoms with E-state index in [0.717, 1.165) is 24.0 Å². The molecule has 0 radical (unpaired) electrons. The van der Waals surface area contributed by atoms with E-state index in [9.17, 15) is 15.0 Å². The first-order valence-corrected chi connectivity index (χ1v) is 12.0. The Hall–Kier alpha value is -3.42. The average molecular weight is 475 g/mol. The van der Waals surface area contributed by atoms with Crippen LogP contribution in [-0.4, -0.2) is 44.6 Å². The van der Waals surface area contributed by atoms with Gasteiger partial charge in [0.15, 0.2) is 0 Å². The molecule has 184 valence electrons. The van der Waals surface area contributed by atoms with E-state index < -0.39 is 6.10 Å². The Balaban J connectivity index is 1.40. The van der Waals surface area contributed by atoms with Crippen molar-refractivity contribution >= 4 is 11.7 Å². The number of aliphatic hydroxyl groups is 1. The van der Waals surface area contributed by atoms with E-state index in [1.807, 2.05) is 35.2 Å². The fraction of sp³-hybridized carbons (Fsp3) is 0.357. The first-order chi connectivity index (χ1) is 16.7. The molecule has 0 spiro atoms. The molecule has 5 N–H and O–H groups in total. The van der Waals surface area contributed by atoms with Gasteiger partial charge in [-0.2, -0.15) is 0 Å². The highest BCUT2D eigenvalue weighted by Crippen LogP contribution is 2.24. The molecule has 7 heteroatoms. The van der Waals surface area contributed by atoms with Crippen LogP contribution in [0.5, 0.6) is 5.75 Å². The summed E-state index contributed by atoms with van der Waals surface area (Å²) in [5.41, 5.74) is 9.94. The molecule has 3 aromatic rings. The molecule has 7 nitrogen and oxygen atoms in total. The standard InChI is InChI=1S/C28H34N4O3/c1-28(2,31-17-25(34)22-9-11-26(29)30-16-22)15-19-5-3-6-21(13-19)27(35)32-12-4-7-20-8-10-24(33)14-23(20)18-32/h3,5-6,8-11,13-14,16,25,31,33-34H,4,7,12,15,17-18H2,1-2H3,(H2,29,30)/t25-/m1/s1. The van der Waals surface area contributed by atoms with E-state index >= 15 is 0 Å². The molecule has 2 heterocycles. The number of amides is 1. The number of phenols is 1. The minimum atomic E-state index is -0.694. The van der Waals surface area contributed by atoms with Gasteiger partial charge in [-0.3, -0.25) is 4.79 Å². The third kappa shape index (κ3) is 6.38. The number of phenolic OH excluding ortho intramolecular Hbond substituents is 1. The number of aryl methyl sites for hydroxylation is 1. The lowest BCUT2D eigenvalue weighted by molar-refractivity contribution is 0.0745. The SMILES string of the molecule is CC(C)(Cc1cccc(C(=O)N2CCCc3ccc(O)cc3C2)c1)NC[C@@H](O)c1ccc(N)nc1. The summed E-state index contributed by atoms with van der Waals surface area (Å²) in [6, 6.07) is 16.6. The number of nitrogens with zero attached hydrogens (tertiary/aromatic N) is 2. The highest BCUT2D eigenvalue weighted by atomic mass is 16.3. The molecule has 1 aliphatic heterocycles. The third-order valence-corrected chi connectivity index (χ3v) is 6.50. The maximum absolute atomic E-state index is 13.4. The van der Waals surface area contributed by atoms with Gasteiger partial charge < -0.3 is 26.2 Å². The van der Waals surface area contributed by atoms with Crippen LogP contribution in [0, 0.1) is 0 Å². The molecular weight excluding hydrogens is 440 g/mol. The monoisotopic (exact) mass is 474 g/mol. The van der Waals surface area contributed by atoms with Gasteiger partial charge in [0.05, 0.1) is 6.10 Å². The van der Waals surface area contributed by atoms with Crippen molar-refractivity contribution in [1.29, 1.82) is 0 Å². The first kappa shape index (κ1) is 24.7. The van der Waals surface area contributed by atoms with Crippen LogP contribution >= 0.6 is 0 Å². The van der Waals surface area contributed by atoms with E-state index in [2.05, 4.69) is 24.1 Å². The number of rotatable bonds is 7. The number of fused-ring (bicyclic) bond motifs is 1. The van der Waals surface area contributed by atoms with Crippen LogP contribution in [0.15, 0.2) is 60.8 Å². The number of nitrogens with two attached hydrogens (primary N) is 1. The van der Waals surface area contributed by atoms with Crippen molar-refractivity contribution in [3.05, 3.63) is 88.6 Å². The van der Waals surface area contributed by atoms with E-state index in [0.29, 0.717) is 43.0 Å². The zero-order valence-electron chi connectivity index (χ0n) is 20.4. The lowest BCUT2D eigenvalue weighted by Crippen LogP contribution is -2.43. The molecule has 4 rings (SSSR count). The summed E-state index contributed by atoms with van der Waals surface area (Å²) in [6.07, 6.45) is 3.38. The van der Waals surface area contributed by atoms with Crippen molar-refractivity contribution in [1.82, 2.24) is 15.2 Å². The Morgan fingerprint density at radius 1 is 1.17 bits per heavy atom. The van der Waals surface area contributed by atoms with Gasteiger partial charge >= 0.3 is 0 Å². The van der Waals surface area contributed by atoms with Crippen LogP contribution in [0.25, 0.3) is 0 Å². The highest BCUT2D eigenvalue weighted by molar-refractivity contribution is 5.94. The van der Waals surface area contributed by atoms with Crippen LogP contribution in [-0.2, 0) is 19.4 Å². The predicted octanol–water partition coefficient (Wildman–Crippen LogP) is 3.60. The molecule has 35 heavy (non-hydrogen) atoms. The van der Waals surface area contributed by atoms with Gasteiger partial charge in [0.2, 0.25) is 0 Å². The van der Waals surface area contributed by atoms with Gasteiger partial charge in [-0.25, -0.2) is 4.98 Å². The van der Waals surface area contributed by atoms with Gasteiger partial charge in [-0.1, -0.05) is 24.3 Å². The van der Waals surface area contributed by atoms with Crippen molar-refractivity contribution in [2.75, 3.05) is 18.8 Å². The maximum atomic E-state index is 13.4. The number of carbonyl (C=O) groups is 1. The maximum Gasteiger partial charge on any atom is 0.254 e. The first-order valence-electron chi connectivity index (χ1n) is 12.0. The smallest absolute Gasteiger partial charge is 0.254 e. The fourth-order valence-electron chi connectivity index (χ4n) is 4.60. The zero-order chi connectivity index (χ0) is 25.0. The number of hydrogen-bond acceptors (Lipinski definition) is 6. The molecule has 0 aliphatic carbocycles. The van der Waals surface area contributed by atoms with Crippen LogP contribution in [0.3, 0.4) is 0 Å². The highest BCUT2D eigenvalue weighted by Gasteiger charge is 2.23. The Labute approximate surface area is 206 Å². The number of benzene rings is 2. The summed E-state index contributed by atoms with van der Waals surface area (Å²) in [4.78, 5) is 19.3. The summed E-state index contributed by atoms with van der Waals surface area (Å²) in [5, 5.41) is 23.8. The normalized spacial score (nSPS) is 14.8. The number of pyridine rings is 1. The molecule has 2 aromatic carbocycles. The zero-order valence-corrected chi connectivity index (χ0v) is 20.4. The Morgan fingerprint density at radius 2 is 2.00 bits per heavy atom. The molecular formula is C28H34N4O3.